The third-order valence-electron chi connectivity index (χ3n) is 2.97. The quantitative estimate of drug-likeness (QED) is 0.798. The van der Waals surface area contributed by atoms with Crippen LogP contribution in [-0.2, 0) is 0 Å². The number of rotatable bonds is 2. The van der Waals surface area contributed by atoms with Gasteiger partial charge in [-0.2, -0.15) is 0 Å². The predicted molar refractivity (Wildman–Crippen MR) is 82.0 cm³/mol. The predicted octanol–water partition coefficient (Wildman–Crippen LogP) is 4.57. The van der Waals surface area contributed by atoms with Crippen molar-refractivity contribution in [1.82, 2.24) is 0 Å². The van der Waals surface area contributed by atoms with Crippen molar-refractivity contribution in [3.8, 4) is 5.75 Å². The zero-order chi connectivity index (χ0) is 14.9. The van der Waals surface area contributed by atoms with Crippen LogP contribution in [0.3, 0.4) is 0 Å². The Hall–Kier alpha value is -1.71. The number of hydrogen-bond acceptors (Lipinski definition) is 2. The maximum absolute atomic E-state index is 12.2. The fraction of sp³-hybridized carbons (Fsp3) is 0.133. The zero-order valence-corrected chi connectivity index (χ0v) is 12.5. The van der Waals surface area contributed by atoms with Crippen molar-refractivity contribution in [2.24, 2.45) is 0 Å². The summed E-state index contributed by atoms with van der Waals surface area (Å²) in [6, 6.07) is 8.03. The molecular formula is C15H13Cl2NO2. The lowest BCUT2D eigenvalue weighted by molar-refractivity contribution is 0.102. The van der Waals surface area contributed by atoms with Crippen LogP contribution >= 0.6 is 23.2 Å². The number of aromatic hydroxyl groups is 1. The van der Waals surface area contributed by atoms with Gasteiger partial charge in [-0.25, -0.2) is 0 Å². The molecule has 0 heterocycles. The van der Waals surface area contributed by atoms with Crippen molar-refractivity contribution in [3.63, 3.8) is 0 Å². The third-order valence-corrected chi connectivity index (χ3v) is 3.71. The van der Waals surface area contributed by atoms with E-state index in [0.29, 0.717) is 26.9 Å². The number of aryl methyl sites for hydroxylation is 2. The summed E-state index contributed by atoms with van der Waals surface area (Å²) in [5.74, 6) is -0.0770. The molecule has 20 heavy (non-hydrogen) atoms. The van der Waals surface area contributed by atoms with Gasteiger partial charge in [-0.1, -0.05) is 23.2 Å². The Morgan fingerprint density at radius 3 is 2.40 bits per heavy atom. The molecule has 2 aromatic carbocycles. The molecule has 0 saturated heterocycles. The molecule has 0 atom stereocenters. The van der Waals surface area contributed by atoms with Gasteiger partial charge in [0, 0.05) is 11.3 Å². The van der Waals surface area contributed by atoms with E-state index in [-0.39, 0.29) is 11.7 Å². The Bertz CT molecular complexity index is 684. The van der Waals surface area contributed by atoms with Crippen LogP contribution in [0, 0.1) is 13.8 Å². The minimum absolute atomic E-state index is 0.204. The number of phenols is 1. The molecule has 0 radical (unpaired) electrons. The van der Waals surface area contributed by atoms with Crippen LogP contribution in [0.25, 0.3) is 0 Å². The van der Waals surface area contributed by atoms with E-state index in [9.17, 15) is 9.90 Å². The van der Waals surface area contributed by atoms with Crippen LogP contribution in [0.5, 0.6) is 5.75 Å². The molecule has 1 amide bonds. The highest BCUT2D eigenvalue weighted by molar-refractivity contribution is 6.42. The highest BCUT2D eigenvalue weighted by Crippen LogP contribution is 2.26. The van der Waals surface area contributed by atoms with Crippen molar-refractivity contribution in [2.45, 2.75) is 13.8 Å². The average molecular weight is 310 g/mol. The van der Waals surface area contributed by atoms with Crippen LogP contribution in [0.2, 0.25) is 10.0 Å². The van der Waals surface area contributed by atoms with Gasteiger partial charge in [0.2, 0.25) is 0 Å². The second kappa shape index (κ2) is 5.73. The van der Waals surface area contributed by atoms with E-state index in [4.69, 9.17) is 23.2 Å². The standard InChI is InChI=1S/C15H13Cl2NO2/c1-8-6-14(19)9(2)5-13(8)18-15(20)10-3-4-11(16)12(17)7-10/h3-7,19H,1-2H3,(H,18,20). The second-order valence-corrected chi connectivity index (χ2v) is 5.35. The molecule has 0 unspecified atom stereocenters. The molecule has 0 aliphatic heterocycles. The number of halogens is 2. The van der Waals surface area contributed by atoms with Gasteiger partial charge in [0.25, 0.3) is 5.91 Å². The lowest BCUT2D eigenvalue weighted by Crippen LogP contribution is -2.12. The molecule has 0 aliphatic rings. The molecule has 2 rings (SSSR count). The number of hydrogen-bond donors (Lipinski definition) is 2. The van der Waals surface area contributed by atoms with E-state index >= 15 is 0 Å². The lowest BCUT2D eigenvalue weighted by atomic mass is 10.1. The SMILES string of the molecule is Cc1cc(NC(=O)c2ccc(Cl)c(Cl)c2)c(C)cc1O. The summed E-state index contributed by atoms with van der Waals surface area (Å²) in [7, 11) is 0. The highest BCUT2D eigenvalue weighted by Gasteiger charge is 2.11. The minimum atomic E-state index is -0.281. The van der Waals surface area contributed by atoms with Gasteiger partial charge in [0.05, 0.1) is 10.0 Å². The largest absolute Gasteiger partial charge is 0.508 e. The monoisotopic (exact) mass is 309 g/mol. The number of amides is 1. The van der Waals surface area contributed by atoms with Crippen LogP contribution in [0.15, 0.2) is 30.3 Å². The molecule has 0 saturated carbocycles. The van der Waals surface area contributed by atoms with Crippen LogP contribution in [-0.4, -0.2) is 11.0 Å². The van der Waals surface area contributed by atoms with E-state index in [1.807, 2.05) is 6.92 Å². The molecule has 2 aromatic rings. The van der Waals surface area contributed by atoms with Crippen molar-refractivity contribution in [1.29, 1.82) is 0 Å². The number of carbonyl (C=O) groups is 1. The first-order chi connectivity index (χ1) is 9.38. The molecule has 104 valence electrons. The van der Waals surface area contributed by atoms with Crippen LogP contribution in [0.4, 0.5) is 5.69 Å². The average Bonchev–Trinajstić information content (AvgIpc) is 2.39. The zero-order valence-electron chi connectivity index (χ0n) is 11.0. The Balaban J connectivity index is 2.27. The highest BCUT2D eigenvalue weighted by atomic mass is 35.5. The number of benzene rings is 2. The maximum Gasteiger partial charge on any atom is 0.255 e. The van der Waals surface area contributed by atoms with Gasteiger partial charge in [0.15, 0.2) is 0 Å². The second-order valence-electron chi connectivity index (χ2n) is 4.54. The summed E-state index contributed by atoms with van der Waals surface area (Å²) < 4.78 is 0. The minimum Gasteiger partial charge on any atom is -0.508 e. The number of phenolic OH excluding ortho intramolecular Hbond substituents is 1. The van der Waals surface area contributed by atoms with Crippen molar-refractivity contribution in [3.05, 3.63) is 57.1 Å². The summed E-state index contributed by atoms with van der Waals surface area (Å²) >= 11 is 11.7. The first kappa shape index (κ1) is 14.7. The molecule has 0 aliphatic carbocycles. The van der Waals surface area contributed by atoms with Crippen molar-refractivity contribution >= 4 is 34.8 Å². The van der Waals surface area contributed by atoms with E-state index in [1.54, 1.807) is 31.2 Å². The van der Waals surface area contributed by atoms with Gasteiger partial charge in [0.1, 0.15) is 5.75 Å². The number of nitrogens with one attached hydrogen (secondary N) is 1. The van der Waals surface area contributed by atoms with Gasteiger partial charge in [-0.3, -0.25) is 4.79 Å². The van der Waals surface area contributed by atoms with E-state index in [2.05, 4.69) is 5.32 Å². The number of anilines is 1. The number of carbonyl (C=O) groups excluding carboxylic acids is 1. The van der Waals surface area contributed by atoms with Crippen LogP contribution < -0.4 is 5.32 Å². The molecule has 0 fully saturated rings. The molecule has 3 nitrogen and oxygen atoms in total. The van der Waals surface area contributed by atoms with Gasteiger partial charge < -0.3 is 10.4 Å². The first-order valence-corrected chi connectivity index (χ1v) is 6.70. The van der Waals surface area contributed by atoms with Crippen molar-refractivity contribution < 1.29 is 9.90 Å². The van der Waals surface area contributed by atoms with Crippen molar-refractivity contribution in [2.75, 3.05) is 5.32 Å². The molecule has 5 heteroatoms. The Kier molecular flexibility index (Phi) is 4.21. The fourth-order valence-electron chi connectivity index (χ4n) is 1.77. The molecule has 0 bridgehead atoms. The van der Waals surface area contributed by atoms with E-state index < -0.39 is 0 Å². The summed E-state index contributed by atoms with van der Waals surface area (Å²) in [6.45, 7) is 3.58. The summed E-state index contributed by atoms with van der Waals surface area (Å²) in [5.41, 5.74) is 2.54. The smallest absolute Gasteiger partial charge is 0.255 e. The van der Waals surface area contributed by atoms with E-state index in [0.717, 1.165) is 5.56 Å². The summed E-state index contributed by atoms with van der Waals surface area (Å²) in [6.07, 6.45) is 0. The fourth-order valence-corrected chi connectivity index (χ4v) is 2.07. The lowest BCUT2D eigenvalue weighted by Gasteiger charge is -2.11. The Labute approximate surface area is 127 Å². The molecule has 0 spiro atoms. The molecular weight excluding hydrogens is 297 g/mol. The van der Waals surface area contributed by atoms with Gasteiger partial charge in [-0.15, -0.1) is 0 Å². The third kappa shape index (κ3) is 3.06. The van der Waals surface area contributed by atoms with E-state index in [1.165, 1.54) is 6.07 Å². The summed E-state index contributed by atoms with van der Waals surface area (Å²) in [4.78, 5) is 12.2. The van der Waals surface area contributed by atoms with Gasteiger partial charge >= 0.3 is 0 Å². The van der Waals surface area contributed by atoms with Gasteiger partial charge in [-0.05, 0) is 55.3 Å². The first-order valence-electron chi connectivity index (χ1n) is 5.95. The maximum atomic E-state index is 12.2. The topological polar surface area (TPSA) is 49.3 Å². The Morgan fingerprint density at radius 2 is 1.75 bits per heavy atom. The normalized spacial score (nSPS) is 10.4. The van der Waals surface area contributed by atoms with Crippen LogP contribution in [0.1, 0.15) is 21.5 Å². The molecule has 2 N–H and O–H groups in total. The molecule has 0 aromatic heterocycles. The summed E-state index contributed by atoms with van der Waals surface area (Å²) in [5, 5.41) is 13.1. The Morgan fingerprint density at radius 1 is 1.05 bits per heavy atom.